The van der Waals surface area contributed by atoms with Crippen molar-refractivity contribution in [3.63, 3.8) is 0 Å². The topological polar surface area (TPSA) is 63.2 Å². The molecule has 278 valence electrons. The SMILES string of the molecule is COC(=O)c1ccc(OCCCO[C@@H]2CC(C)(C)C[C@H]3C4=CCC5[C@@]6(C)CC[C@@H]7OC(C)(C)OC[C@]7(C)C6CC[C@@]5(C)[C@]4(C)CC[C@@]23C)cc1. The summed E-state index contributed by atoms with van der Waals surface area (Å²) in [7, 11) is 1.40. The van der Waals surface area contributed by atoms with Crippen LogP contribution in [0.4, 0.5) is 0 Å². The van der Waals surface area contributed by atoms with Gasteiger partial charge in [0.1, 0.15) is 5.75 Å². The van der Waals surface area contributed by atoms with E-state index in [2.05, 4.69) is 68.4 Å². The van der Waals surface area contributed by atoms with Crippen LogP contribution in [0.25, 0.3) is 0 Å². The second-order valence-electron chi connectivity index (χ2n) is 19.8. The highest BCUT2D eigenvalue weighted by Crippen LogP contribution is 2.76. The third-order valence-corrected chi connectivity index (χ3v) is 16.1. The Hall–Kier alpha value is -1.89. The van der Waals surface area contributed by atoms with Gasteiger partial charge in [0.2, 0.25) is 0 Å². The molecular weight excluding hydrogens is 624 g/mol. The van der Waals surface area contributed by atoms with Crippen LogP contribution >= 0.6 is 0 Å². The van der Waals surface area contributed by atoms with Crippen molar-refractivity contribution in [3.05, 3.63) is 41.5 Å². The molecule has 1 aliphatic heterocycles. The summed E-state index contributed by atoms with van der Waals surface area (Å²) in [6.45, 7) is 24.4. The summed E-state index contributed by atoms with van der Waals surface area (Å²) in [6.07, 6.45) is 15.2. The molecule has 6 nitrogen and oxygen atoms in total. The van der Waals surface area contributed by atoms with Gasteiger partial charge in [0.25, 0.3) is 0 Å². The lowest BCUT2D eigenvalue weighted by atomic mass is 9.33. The zero-order chi connectivity index (χ0) is 36.0. The third kappa shape index (κ3) is 5.63. The normalized spacial score (nSPS) is 44.3. The Balaban J connectivity index is 1.07. The van der Waals surface area contributed by atoms with Gasteiger partial charge in [-0.25, -0.2) is 4.79 Å². The van der Waals surface area contributed by atoms with Gasteiger partial charge < -0.3 is 23.7 Å². The molecule has 0 bridgehead atoms. The van der Waals surface area contributed by atoms with E-state index in [1.165, 1.54) is 52.1 Å². The van der Waals surface area contributed by atoms with Gasteiger partial charge in [-0.05, 0) is 135 Å². The average Bonchev–Trinajstić information content (AvgIpc) is 3.06. The Morgan fingerprint density at radius 3 is 2.28 bits per heavy atom. The van der Waals surface area contributed by atoms with Crippen LogP contribution in [0.2, 0.25) is 0 Å². The second-order valence-corrected chi connectivity index (χ2v) is 19.8. The van der Waals surface area contributed by atoms with E-state index in [1.54, 1.807) is 17.7 Å². The largest absolute Gasteiger partial charge is 0.494 e. The molecule has 6 heteroatoms. The minimum atomic E-state index is -0.476. The molecule has 7 rings (SSSR count). The molecule has 10 atom stereocenters. The Labute approximate surface area is 302 Å². The molecule has 1 heterocycles. The van der Waals surface area contributed by atoms with Crippen LogP contribution in [0.1, 0.15) is 137 Å². The molecule has 1 aromatic rings. The Bertz CT molecular complexity index is 1480. The van der Waals surface area contributed by atoms with Crippen LogP contribution in [-0.4, -0.2) is 50.9 Å². The first kappa shape index (κ1) is 36.5. The predicted octanol–water partition coefficient (Wildman–Crippen LogP) is 10.2. The van der Waals surface area contributed by atoms with Crippen molar-refractivity contribution >= 4 is 5.97 Å². The van der Waals surface area contributed by atoms with E-state index in [4.69, 9.17) is 23.7 Å². The van der Waals surface area contributed by atoms with Crippen molar-refractivity contribution in [1.82, 2.24) is 0 Å². The quantitative estimate of drug-likeness (QED) is 0.161. The number of fused-ring (bicyclic) bond motifs is 9. The summed E-state index contributed by atoms with van der Waals surface area (Å²) in [4.78, 5) is 11.8. The van der Waals surface area contributed by atoms with Gasteiger partial charge in [0, 0.05) is 17.3 Å². The molecule has 6 aliphatic rings. The maximum atomic E-state index is 11.8. The fraction of sp³-hybridized carbons (Fsp3) is 0.795. The van der Waals surface area contributed by atoms with Crippen molar-refractivity contribution in [2.45, 2.75) is 145 Å². The molecule has 2 unspecified atom stereocenters. The summed E-state index contributed by atoms with van der Waals surface area (Å²) in [5.41, 5.74) is 3.55. The highest BCUT2D eigenvalue weighted by Gasteiger charge is 2.70. The number of hydrogen-bond acceptors (Lipinski definition) is 6. The van der Waals surface area contributed by atoms with Gasteiger partial charge in [-0.2, -0.15) is 0 Å². The van der Waals surface area contributed by atoms with Crippen LogP contribution in [0.3, 0.4) is 0 Å². The predicted molar refractivity (Wildman–Crippen MR) is 197 cm³/mol. The van der Waals surface area contributed by atoms with Gasteiger partial charge in [0.05, 0.1) is 44.7 Å². The van der Waals surface area contributed by atoms with Crippen molar-refractivity contribution in [2.24, 2.45) is 50.2 Å². The monoisotopic (exact) mass is 690 g/mol. The van der Waals surface area contributed by atoms with Gasteiger partial charge in [0.15, 0.2) is 5.79 Å². The van der Waals surface area contributed by atoms with Gasteiger partial charge in [-0.1, -0.05) is 60.1 Å². The summed E-state index contributed by atoms with van der Waals surface area (Å²) in [6, 6.07) is 7.17. The number of allylic oxidation sites excluding steroid dienone is 2. The Kier molecular flexibility index (Phi) is 9.00. The zero-order valence-corrected chi connectivity index (χ0v) is 32.9. The number of ether oxygens (including phenoxy) is 5. The highest BCUT2D eigenvalue weighted by molar-refractivity contribution is 5.89. The fourth-order valence-corrected chi connectivity index (χ4v) is 13.1. The summed E-state index contributed by atoms with van der Waals surface area (Å²) < 4.78 is 30.8. The first-order valence-electron chi connectivity index (χ1n) is 19.9. The first-order chi connectivity index (χ1) is 23.4. The number of rotatable bonds is 7. The molecular formula is C44H66O6. The summed E-state index contributed by atoms with van der Waals surface area (Å²) in [5, 5.41) is 0. The third-order valence-electron chi connectivity index (χ3n) is 16.1. The molecule has 4 saturated carbocycles. The standard InChI is InChI=1S/C44H66O6/c1-38(2)26-32-31-16-17-34-41(6)20-19-35-42(7,28-49-39(3,4)50-35)33(41)18-21-44(34,9)43(31,8)23-22-40(32,5)36(27-38)48-25-11-24-47-30-14-12-29(13-15-30)37(45)46-10/h12-16,32-36H,11,17-28H2,1-10H3/t32-,33?,34?,35-,36+,40+,41-,42+,43+,44+/m0/s1. The van der Waals surface area contributed by atoms with Gasteiger partial charge in [-0.3, -0.25) is 0 Å². The minimum absolute atomic E-state index is 0.0814. The molecule has 0 aromatic heterocycles. The van der Waals surface area contributed by atoms with E-state index < -0.39 is 5.79 Å². The fourth-order valence-electron chi connectivity index (χ4n) is 13.1. The average molecular weight is 691 g/mol. The maximum absolute atomic E-state index is 11.8. The number of hydrogen-bond donors (Lipinski definition) is 0. The van der Waals surface area contributed by atoms with Crippen molar-refractivity contribution in [1.29, 1.82) is 0 Å². The van der Waals surface area contributed by atoms with Crippen molar-refractivity contribution in [2.75, 3.05) is 26.9 Å². The Morgan fingerprint density at radius 1 is 0.820 bits per heavy atom. The van der Waals surface area contributed by atoms with Crippen LogP contribution in [0.5, 0.6) is 5.75 Å². The highest BCUT2D eigenvalue weighted by atomic mass is 16.7. The number of methoxy groups -OCH3 is 1. The van der Waals surface area contributed by atoms with Crippen molar-refractivity contribution < 1.29 is 28.5 Å². The van der Waals surface area contributed by atoms with Crippen molar-refractivity contribution in [3.8, 4) is 5.75 Å². The smallest absolute Gasteiger partial charge is 0.337 e. The molecule has 0 N–H and O–H groups in total. The van der Waals surface area contributed by atoms with E-state index in [-0.39, 0.29) is 39.1 Å². The van der Waals surface area contributed by atoms with Crippen LogP contribution in [0, 0.1) is 50.2 Å². The molecule has 5 aliphatic carbocycles. The number of esters is 1. The zero-order valence-electron chi connectivity index (χ0n) is 32.9. The lowest BCUT2D eigenvalue weighted by Gasteiger charge is -2.72. The summed E-state index contributed by atoms with van der Waals surface area (Å²) >= 11 is 0. The molecule has 0 radical (unpaired) electrons. The molecule has 50 heavy (non-hydrogen) atoms. The van der Waals surface area contributed by atoms with E-state index in [0.29, 0.717) is 48.0 Å². The van der Waals surface area contributed by atoms with Gasteiger partial charge in [-0.15, -0.1) is 0 Å². The lowest BCUT2D eigenvalue weighted by molar-refractivity contribution is -0.351. The van der Waals surface area contributed by atoms with E-state index in [1.807, 2.05) is 12.1 Å². The molecule has 0 amide bonds. The van der Waals surface area contributed by atoms with E-state index in [0.717, 1.165) is 31.6 Å². The first-order valence-corrected chi connectivity index (χ1v) is 19.9. The molecule has 0 spiro atoms. The minimum Gasteiger partial charge on any atom is -0.494 e. The van der Waals surface area contributed by atoms with E-state index >= 15 is 0 Å². The molecule has 1 saturated heterocycles. The summed E-state index contributed by atoms with van der Waals surface area (Å²) in [5.74, 6) is 1.82. The number of benzene rings is 1. The van der Waals surface area contributed by atoms with Gasteiger partial charge >= 0.3 is 5.97 Å². The second kappa shape index (κ2) is 12.3. The van der Waals surface area contributed by atoms with Crippen LogP contribution < -0.4 is 4.74 Å². The Morgan fingerprint density at radius 2 is 1.56 bits per heavy atom. The van der Waals surface area contributed by atoms with Crippen LogP contribution in [0.15, 0.2) is 35.9 Å². The van der Waals surface area contributed by atoms with E-state index in [9.17, 15) is 4.79 Å². The lowest BCUT2D eigenvalue weighted by Crippen LogP contribution is -2.68. The maximum Gasteiger partial charge on any atom is 0.337 e. The molecule has 5 fully saturated rings. The number of carbonyl (C=O) groups is 1. The number of carbonyl (C=O) groups excluding carboxylic acids is 1. The molecule has 1 aromatic carbocycles. The van der Waals surface area contributed by atoms with Crippen LogP contribution in [-0.2, 0) is 18.9 Å².